The van der Waals surface area contributed by atoms with Gasteiger partial charge in [0.15, 0.2) is 6.29 Å². The van der Waals surface area contributed by atoms with Crippen LogP contribution in [0.2, 0.25) is 0 Å². The second kappa shape index (κ2) is 8.00. The summed E-state index contributed by atoms with van der Waals surface area (Å²) in [5.74, 6) is -0.352. The number of pyridine rings is 1. The molecular weight excluding hydrogens is 393 g/mol. The lowest BCUT2D eigenvalue weighted by Crippen LogP contribution is -2.30. The Labute approximate surface area is 180 Å². The highest BCUT2D eigenvalue weighted by atomic mass is 19.1. The fourth-order valence-electron chi connectivity index (χ4n) is 4.15. The largest absolute Gasteiger partial charge is 0.366 e. The molecule has 4 rings (SSSR count). The molecule has 0 bridgehead atoms. The van der Waals surface area contributed by atoms with Gasteiger partial charge in [-0.1, -0.05) is 30.3 Å². The summed E-state index contributed by atoms with van der Waals surface area (Å²) in [6.45, 7) is 7.53. The number of hydrogen-bond donors (Lipinski definition) is 2. The Hall–Kier alpha value is -2.86. The molecule has 0 saturated carbocycles. The molecule has 0 saturated heterocycles. The average Bonchev–Trinajstić information content (AvgIpc) is 2.71. The van der Waals surface area contributed by atoms with Crippen molar-refractivity contribution in [2.75, 3.05) is 0 Å². The molecule has 0 spiro atoms. The SMILES string of the molecule is Cc1cc2ccccc2c(-c2ccc(F)c3cccnc23)c1[C@H](OC(C)(C)C)C(O)O. The highest BCUT2D eigenvalue weighted by molar-refractivity contribution is 6.06. The molecule has 4 nitrogen and oxygen atoms in total. The molecule has 160 valence electrons. The van der Waals surface area contributed by atoms with Crippen LogP contribution in [0.25, 0.3) is 32.8 Å². The van der Waals surface area contributed by atoms with Crippen molar-refractivity contribution in [1.29, 1.82) is 0 Å². The van der Waals surface area contributed by atoms with Crippen LogP contribution in [-0.2, 0) is 4.74 Å². The number of halogens is 1. The Morgan fingerprint density at radius 2 is 1.68 bits per heavy atom. The zero-order valence-corrected chi connectivity index (χ0v) is 18.1. The lowest BCUT2D eigenvalue weighted by atomic mass is 9.86. The summed E-state index contributed by atoms with van der Waals surface area (Å²) in [5, 5.41) is 22.9. The minimum absolute atomic E-state index is 0.352. The molecule has 1 atom stereocenters. The maximum Gasteiger partial charge on any atom is 0.182 e. The Morgan fingerprint density at radius 3 is 2.39 bits per heavy atom. The third-order valence-electron chi connectivity index (χ3n) is 5.32. The Balaban J connectivity index is 2.14. The number of aliphatic hydroxyl groups excluding tert-OH is 1. The van der Waals surface area contributed by atoms with Crippen LogP contribution in [0.15, 0.2) is 60.8 Å². The number of aryl methyl sites for hydroxylation is 1. The van der Waals surface area contributed by atoms with Crippen LogP contribution < -0.4 is 0 Å². The molecule has 1 aromatic heterocycles. The monoisotopic (exact) mass is 419 g/mol. The van der Waals surface area contributed by atoms with Gasteiger partial charge in [-0.25, -0.2) is 4.39 Å². The lowest BCUT2D eigenvalue weighted by molar-refractivity contribution is -0.185. The molecule has 0 aliphatic rings. The Kier molecular flexibility index (Phi) is 5.52. The maximum absolute atomic E-state index is 14.5. The maximum atomic E-state index is 14.5. The van der Waals surface area contributed by atoms with E-state index in [4.69, 9.17) is 4.74 Å². The van der Waals surface area contributed by atoms with Gasteiger partial charge in [-0.05, 0) is 79.4 Å². The summed E-state index contributed by atoms with van der Waals surface area (Å²) in [5.41, 5.74) is 2.89. The molecule has 0 unspecified atom stereocenters. The summed E-state index contributed by atoms with van der Waals surface area (Å²) in [6, 6.07) is 16.4. The van der Waals surface area contributed by atoms with Gasteiger partial charge >= 0.3 is 0 Å². The van der Waals surface area contributed by atoms with Gasteiger partial charge in [-0.3, -0.25) is 4.98 Å². The van der Waals surface area contributed by atoms with Crippen molar-refractivity contribution in [1.82, 2.24) is 4.98 Å². The fourth-order valence-corrected chi connectivity index (χ4v) is 4.15. The zero-order valence-electron chi connectivity index (χ0n) is 18.1. The van der Waals surface area contributed by atoms with E-state index in [9.17, 15) is 14.6 Å². The number of aromatic nitrogens is 1. The van der Waals surface area contributed by atoms with E-state index in [0.29, 0.717) is 16.5 Å². The molecule has 4 aromatic rings. The van der Waals surface area contributed by atoms with E-state index in [2.05, 4.69) is 4.98 Å². The van der Waals surface area contributed by atoms with Crippen molar-refractivity contribution in [3.8, 4) is 11.1 Å². The van der Waals surface area contributed by atoms with Gasteiger partial charge in [0, 0.05) is 17.1 Å². The smallest absolute Gasteiger partial charge is 0.182 e. The predicted molar refractivity (Wildman–Crippen MR) is 121 cm³/mol. The summed E-state index contributed by atoms with van der Waals surface area (Å²) in [7, 11) is 0. The third-order valence-corrected chi connectivity index (χ3v) is 5.32. The minimum atomic E-state index is -1.74. The van der Waals surface area contributed by atoms with E-state index in [1.165, 1.54) is 6.07 Å². The minimum Gasteiger partial charge on any atom is -0.366 e. The zero-order chi connectivity index (χ0) is 22.3. The van der Waals surface area contributed by atoms with Gasteiger partial charge in [0.25, 0.3) is 0 Å². The topological polar surface area (TPSA) is 62.6 Å². The number of hydrogen-bond acceptors (Lipinski definition) is 4. The van der Waals surface area contributed by atoms with Crippen LogP contribution in [0, 0.1) is 12.7 Å². The van der Waals surface area contributed by atoms with Crippen molar-refractivity contribution in [2.24, 2.45) is 0 Å². The summed E-state index contributed by atoms with van der Waals surface area (Å²) >= 11 is 0. The molecule has 31 heavy (non-hydrogen) atoms. The first-order valence-corrected chi connectivity index (χ1v) is 10.3. The molecule has 0 aliphatic heterocycles. The van der Waals surface area contributed by atoms with Crippen molar-refractivity contribution < 1.29 is 19.3 Å². The predicted octanol–water partition coefficient (Wildman–Crippen LogP) is 5.67. The summed E-state index contributed by atoms with van der Waals surface area (Å²) in [4.78, 5) is 4.47. The average molecular weight is 419 g/mol. The van der Waals surface area contributed by atoms with E-state index in [1.807, 2.05) is 58.0 Å². The normalized spacial score (nSPS) is 13.3. The van der Waals surface area contributed by atoms with Gasteiger partial charge in [-0.2, -0.15) is 0 Å². The number of ether oxygens (including phenoxy) is 1. The van der Waals surface area contributed by atoms with E-state index >= 15 is 0 Å². The molecule has 5 heteroatoms. The number of nitrogens with zero attached hydrogens (tertiary/aromatic N) is 1. The first kappa shape index (κ1) is 21.4. The summed E-state index contributed by atoms with van der Waals surface area (Å²) in [6.07, 6.45) is -1.10. The second-order valence-electron chi connectivity index (χ2n) is 8.76. The first-order chi connectivity index (χ1) is 14.7. The number of fused-ring (bicyclic) bond motifs is 2. The van der Waals surface area contributed by atoms with Crippen molar-refractivity contribution in [3.63, 3.8) is 0 Å². The highest BCUT2D eigenvalue weighted by Gasteiger charge is 2.31. The number of benzene rings is 3. The van der Waals surface area contributed by atoms with E-state index < -0.39 is 18.0 Å². The molecule has 0 aliphatic carbocycles. The van der Waals surface area contributed by atoms with Gasteiger partial charge in [0.05, 0.1) is 11.1 Å². The Bertz CT molecular complexity index is 1260. The molecule has 0 fully saturated rings. The van der Waals surface area contributed by atoms with E-state index in [-0.39, 0.29) is 5.82 Å². The van der Waals surface area contributed by atoms with Crippen molar-refractivity contribution in [2.45, 2.75) is 45.7 Å². The second-order valence-corrected chi connectivity index (χ2v) is 8.76. The number of aliphatic hydroxyl groups is 2. The third kappa shape index (κ3) is 4.04. The lowest BCUT2D eigenvalue weighted by Gasteiger charge is -2.32. The van der Waals surface area contributed by atoms with Crippen LogP contribution in [0.4, 0.5) is 4.39 Å². The van der Waals surface area contributed by atoms with Gasteiger partial charge in [0.2, 0.25) is 0 Å². The molecule has 1 heterocycles. The van der Waals surface area contributed by atoms with E-state index in [1.54, 1.807) is 24.4 Å². The quantitative estimate of drug-likeness (QED) is 0.419. The van der Waals surface area contributed by atoms with Crippen LogP contribution in [0.5, 0.6) is 0 Å². The van der Waals surface area contributed by atoms with Crippen LogP contribution >= 0.6 is 0 Å². The van der Waals surface area contributed by atoms with Crippen LogP contribution in [0.1, 0.15) is 38.0 Å². The number of rotatable bonds is 4. The van der Waals surface area contributed by atoms with Gasteiger partial charge < -0.3 is 14.9 Å². The molecular formula is C26H26FNO3. The van der Waals surface area contributed by atoms with Crippen molar-refractivity contribution in [3.05, 3.63) is 77.7 Å². The van der Waals surface area contributed by atoms with Crippen LogP contribution in [-0.4, -0.2) is 27.1 Å². The summed E-state index contributed by atoms with van der Waals surface area (Å²) < 4.78 is 20.7. The highest BCUT2D eigenvalue weighted by Crippen LogP contribution is 2.43. The van der Waals surface area contributed by atoms with Crippen LogP contribution in [0.3, 0.4) is 0 Å². The molecule has 0 radical (unpaired) electrons. The molecule has 2 N–H and O–H groups in total. The fraction of sp³-hybridized carbons (Fsp3) is 0.269. The first-order valence-electron chi connectivity index (χ1n) is 10.3. The molecule has 3 aromatic carbocycles. The van der Waals surface area contributed by atoms with Crippen molar-refractivity contribution >= 4 is 21.7 Å². The van der Waals surface area contributed by atoms with Gasteiger partial charge in [0.1, 0.15) is 11.9 Å². The molecule has 0 amide bonds. The van der Waals surface area contributed by atoms with Gasteiger partial charge in [-0.15, -0.1) is 0 Å². The van der Waals surface area contributed by atoms with E-state index in [0.717, 1.165) is 27.5 Å². The standard InChI is InChI=1S/C26H26FNO3/c1-15-14-16-8-5-6-9-17(16)22(21(15)24(25(29)30)31-26(2,3)4)19-11-12-20(27)18-10-7-13-28-23(18)19/h5-14,24-25,29-30H,1-4H3/t24-/m0/s1. The Morgan fingerprint density at radius 1 is 0.968 bits per heavy atom.